The van der Waals surface area contributed by atoms with Crippen molar-refractivity contribution in [1.29, 1.82) is 0 Å². The standard InChI is InChI=1S/C35H44ClFN8O3/c1-5-34(46)41-27-19-28(31(47-4)20-30(27)44-12-9-24(10-13-44)43-16-14-42(15-17-43)23(2)3)40-32-21-33(39-22-38-32)45-29(11-18-48-45)25-7-6-8-26(37)35(25)36/h5-8,19-24,29H,1,9-18H2,2-4H3,(H,41,46)(H,38,39,40). The quantitative estimate of drug-likeness (QED) is 0.248. The fourth-order valence-electron chi connectivity index (χ4n) is 6.90. The molecule has 1 atom stereocenters. The Labute approximate surface area is 286 Å². The van der Waals surface area contributed by atoms with Crippen LogP contribution in [0.2, 0.25) is 5.02 Å². The van der Waals surface area contributed by atoms with Crippen LogP contribution in [0.4, 0.5) is 33.1 Å². The van der Waals surface area contributed by atoms with Gasteiger partial charge in [0.15, 0.2) is 5.82 Å². The van der Waals surface area contributed by atoms with Gasteiger partial charge in [-0.2, -0.15) is 0 Å². The van der Waals surface area contributed by atoms with E-state index in [-0.39, 0.29) is 17.0 Å². The number of hydroxylamine groups is 1. The van der Waals surface area contributed by atoms with Crippen molar-refractivity contribution in [2.45, 2.75) is 51.2 Å². The third-order valence-corrected chi connectivity index (χ3v) is 9.95. The van der Waals surface area contributed by atoms with Gasteiger partial charge < -0.3 is 20.3 Å². The fraction of sp³-hybridized carbons (Fsp3) is 0.457. The van der Waals surface area contributed by atoms with E-state index in [1.165, 1.54) is 18.5 Å². The fourth-order valence-corrected chi connectivity index (χ4v) is 7.15. The molecule has 0 radical (unpaired) electrons. The summed E-state index contributed by atoms with van der Waals surface area (Å²) in [4.78, 5) is 34.8. The molecule has 0 spiro atoms. The van der Waals surface area contributed by atoms with Crippen LogP contribution in [0.25, 0.3) is 0 Å². The molecule has 3 aromatic rings. The van der Waals surface area contributed by atoms with Crippen molar-refractivity contribution >= 4 is 46.2 Å². The number of hydrogen-bond acceptors (Lipinski definition) is 10. The summed E-state index contributed by atoms with van der Waals surface area (Å²) >= 11 is 6.33. The molecule has 0 saturated carbocycles. The van der Waals surface area contributed by atoms with E-state index in [1.807, 2.05) is 12.1 Å². The molecular formula is C35H44ClFN8O3. The number of nitrogens with zero attached hydrogens (tertiary/aromatic N) is 6. The minimum absolute atomic E-state index is 0.0676. The number of carbonyl (C=O) groups is 1. The maximum absolute atomic E-state index is 14.3. The highest BCUT2D eigenvalue weighted by Gasteiger charge is 2.32. The lowest BCUT2D eigenvalue weighted by Gasteiger charge is -2.44. The maximum atomic E-state index is 14.3. The highest BCUT2D eigenvalue weighted by Crippen LogP contribution is 2.41. The Morgan fingerprint density at radius 3 is 2.56 bits per heavy atom. The summed E-state index contributed by atoms with van der Waals surface area (Å²) in [5, 5.41) is 8.04. The molecule has 1 unspecified atom stereocenters. The zero-order valence-corrected chi connectivity index (χ0v) is 28.5. The molecule has 3 saturated heterocycles. The van der Waals surface area contributed by atoms with Crippen LogP contribution in [0.15, 0.2) is 55.4 Å². The smallest absolute Gasteiger partial charge is 0.247 e. The van der Waals surface area contributed by atoms with E-state index in [1.54, 1.807) is 30.4 Å². The van der Waals surface area contributed by atoms with E-state index in [9.17, 15) is 9.18 Å². The SMILES string of the molecule is C=CC(=O)Nc1cc(Nc2cc(N3OCCC3c3cccc(F)c3Cl)ncn2)c(OC)cc1N1CCC(N2CCN(C(C)C)CC2)CC1. The highest BCUT2D eigenvalue weighted by molar-refractivity contribution is 6.31. The number of anilines is 5. The molecule has 48 heavy (non-hydrogen) atoms. The van der Waals surface area contributed by atoms with Crippen LogP contribution in [-0.2, 0) is 9.63 Å². The van der Waals surface area contributed by atoms with Crippen molar-refractivity contribution in [1.82, 2.24) is 19.8 Å². The molecule has 2 aromatic carbocycles. The van der Waals surface area contributed by atoms with Gasteiger partial charge in [-0.05, 0) is 50.5 Å². The van der Waals surface area contributed by atoms with Crippen molar-refractivity contribution in [2.24, 2.45) is 0 Å². The molecule has 256 valence electrons. The highest BCUT2D eigenvalue weighted by atomic mass is 35.5. The van der Waals surface area contributed by atoms with Gasteiger partial charge in [0.25, 0.3) is 0 Å². The van der Waals surface area contributed by atoms with Crippen LogP contribution < -0.4 is 25.3 Å². The number of carbonyl (C=O) groups excluding carboxylic acids is 1. The van der Waals surface area contributed by atoms with Crippen LogP contribution in [0.1, 0.15) is 44.7 Å². The van der Waals surface area contributed by atoms with E-state index in [2.05, 4.69) is 55.7 Å². The number of ether oxygens (including phenoxy) is 1. The van der Waals surface area contributed by atoms with Crippen molar-refractivity contribution in [3.8, 4) is 5.75 Å². The zero-order chi connectivity index (χ0) is 33.8. The molecule has 3 aliphatic rings. The molecule has 1 aromatic heterocycles. The molecular weight excluding hydrogens is 635 g/mol. The average Bonchev–Trinajstić information content (AvgIpc) is 3.60. The molecule has 13 heteroatoms. The zero-order valence-electron chi connectivity index (χ0n) is 27.8. The molecule has 6 rings (SSSR count). The summed E-state index contributed by atoms with van der Waals surface area (Å²) in [6.07, 6.45) is 5.39. The number of piperazine rings is 1. The second-order valence-corrected chi connectivity index (χ2v) is 13.0. The summed E-state index contributed by atoms with van der Waals surface area (Å²) in [7, 11) is 1.62. The first-order valence-electron chi connectivity index (χ1n) is 16.6. The molecule has 1 amide bonds. The monoisotopic (exact) mass is 678 g/mol. The van der Waals surface area contributed by atoms with E-state index < -0.39 is 5.82 Å². The van der Waals surface area contributed by atoms with Crippen LogP contribution in [0.5, 0.6) is 5.75 Å². The van der Waals surface area contributed by atoms with Gasteiger partial charge >= 0.3 is 0 Å². The van der Waals surface area contributed by atoms with Crippen molar-refractivity contribution < 1.29 is 18.8 Å². The van der Waals surface area contributed by atoms with Gasteiger partial charge in [0.1, 0.15) is 23.7 Å². The Morgan fingerprint density at radius 2 is 1.85 bits per heavy atom. The van der Waals surface area contributed by atoms with Gasteiger partial charge in [0.05, 0.1) is 41.8 Å². The van der Waals surface area contributed by atoms with Gasteiger partial charge in [-0.3, -0.25) is 19.4 Å². The lowest BCUT2D eigenvalue weighted by atomic mass is 10.0. The van der Waals surface area contributed by atoms with Crippen LogP contribution in [-0.4, -0.2) is 90.7 Å². The lowest BCUT2D eigenvalue weighted by Crippen LogP contribution is -2.54. The first kappa shape index (κ1) is 33.9. The van der Waals surface area contributed by atoms with Gasteiger partial charge in [-0.15, -0.1) is 0 Å². The first-order chi connectivity index (χ1) is 23.2. The first-order valence-corrected chi connectivity index (χ1v) is 17.0. The van der Waals surface area contributed by atoms with E-state index >= 15 is 0 Å². The summed E-state index contributed by atoms with van der Waals surface area (Å²) in [6, 6.07) is 11.1. The second kappa shape index (κ2) is 15.1. The number of halogens is 2. The van der Waals surface area contributed by atoms with Crippen molar-refractivity contribution in [3.05, 3.63) is 71.8 Å². The van der Waals surface area contributed by atoms with Crippen LogP contribution in [0, 0.1) is 5.82 Å². The molecule has 11 nitrogen and oxygen atoms in total. The molecule has 0 aliphatic carbocycles. The Balaban J connectivity index is 1.21. The normalized spacial score (nSPS) is 19.5. The van der Waals surface area contributed by atoms with Crippen molar-refractivity contribution in [3.63, 3.8) is 0 Å². The molecule has 3 aliphatic heterocycles. The largest absolute Gasteiger partial charge is 0.494 e. The third-order valence-electron chi connectivity index (χ3n) is 9.55. The molecule has 4 heterocycles. The third kappa shape index (κ3) is 7.36. The van der Waals surface area contributed by atoms with Crippen LogP contribution >= 0.6 is 11.6 Å². The number of hydrogen-bond donors (Lipinski definition) is 2. The number of piperidine rings is 1. The Hall–Kier alpha value is -3.97. The maximum Gasteiger partial charge on any atom is 0.247 e. The van der Waals surface area contributed by atoms with Crippen molar-refractivity contribution in [2.75, 3.05) is 73.6 Å². The topological polar surface area (TPSA) is 98.3 Å². The lowest BCUT2D eigenvalue weighted by molar-refractivity contribution is -0.111. The Bertz CT molecular complexity index is 1610. The van der Waals surface area contributed by atoms with Gasteiger partial charge in [0, 0.05) is 69.9 Å². The summed E-state index contributed by atoms with van der Waals surface area (Å²) < 4.78 is 20.1. The van der Waals surface area contributed by atoms with E-state index in [0.29, 0.717) is 59.4 Å². The number of rotatable bonds is 10. The number of methoxy groups -OCH3 is 1. The summed E-state index contributed by atoms with van der Waals surface area (Å²) in [6.45, 7) is 14.8. The van der Waals surface area contributed by atoms with Gasteiger partial charge in [-0.1, -0.05) is 30.3 Å². The molecule has 0 bridgehead atoms. The number of nitrogens with one attached hydrogen (secondary N) is 2. The number of amides is 1. The van der Waals surface area contributed by atoms with E-state index in [0.717, 1.165) is 57.8 Å². The summed E-state index contributed by atoms with van der Waals surface area (Å²) in [5.41, 5.74) is 2.76. The second-order valence-electron chi connectivity index (χ2n) is 12.6. The average molecular weight is 679 g/mol. The molecule has 2 N–H and O–H groups in total. The van der Waals surface area contributed by atoms with Gasteiger partial charge in [-0.25, -0.2) is 19.4 Å². The minimum Gasteiger partial charge on any atom is -0.494 e. The minimum atomic E-state index is -0.481. The van der Waals surface area contributed by atoms with E-state index in [4.69, 9.17) is 21.2 Å². The predicted octanol–water partition coefficient (Wildman–Crippen LogP) is 6.02. The molecule has 3 fully saturated rings. The predicted molar refractivity (Wildman–Crippen MR) is 188 cm³/mol. The number of aromatic nitrogens is 2. The number of benzene rings is 2. The Kier molecular flexibility index (Phi) is 10.6. The van der Waals surface area contributed by atoms with Crippen LogP contribution in [0.3, 0.4) is 0 Å². The van der Waals surface area contributed by atoms with Gasteiger partial charge in [0.2, 0.25) is 5.91 Å². The summed E-state index contributed by atoms with van der Waals surface area (Å²) in [5.74, 6) is 0.772. The Morgan fingerprint density at radius 1 is 1.08 bits per heavy atom.